The second-order valence-corrected chi connectivity index (χ2v) is 8.50. The number of rotatable bonds is 5. The van der Waals surface area contributed by atoms with Gasteiger partial charge in [-0.1, -0.05) is 48.5 Å². The monoisotopic (exact) mass is 426 g/mol. The Morgan fingerprint density at radius 3 is 2.25 bits per heavy atom. The van der Waals surface area contributed by atoms with Crippen molar-refractivity contribution in [3.8, 4) is 22.4 Å². The van der Waals surface area contributed by atoms with Gasteiger partial charge in [0.2, 0.25) is 5.95 Å². The number of ether oxygens (including phenoxy) is 1. The normalized spacial score (nSPS) is 11.2. The first-order chi connectivity index (χ1) is 15.3. The highest BCUT2D eigenvalue weighted by molar-refractivity contribution is 6.02. The van der Waals surface area contributed by atoms with Gasteiger partial charge in [0.1, 0.15) is 11.3 Å². The second kappa shape index (κ2) is 8.67. The predicted molar refractivity (Wildman–Crippen MR) is 127 cm³/mol. The number of hydrogen-bond donors (Lipinski definition) is 2. The van der Waals surface area contributed by atoms with Crippen LogP contribution < -0.4 is 5.32 Å². The summed E-state index contributed by atoms with van der Waals surface area (Å²) >= 11 is 0. The van der Waals surface area contributed by atoms with Crippen molar-refractivity contribution < 1.29 is 9.53 Å². The van der Waals surface area contributed by atoms with Crippen LogP contribution in [0.5, 0.6) is 0 Å². The lowest BCUT2D eigenvalue weighted by Crippen LogP contribution is -2.24. The minimum atomic E-state index is -0.605. The van der Waals surface area contributed by atoms with Crippen molar-refractivity contribution in [2.24, 2.45) is 0 Å². The number of para-hydroxylation sites is 1. The van der Waals surface area contributed by atoms with Crippen molar-refractivity contribution in [2.45, 2.75) is 33.3 Å². The molecule has 2 heterocycles. The molecule has 0 radical (unpaired) electrons. The number of nitrogens with zero attached hydrogens (tertiary/aromatic N) is 2. The summed E-state index contributed by atoms with van der Waals surface area (Å²) in [5, 5.41) is 3.23. The number of carbonyl (C=O) groups excluding carboxylic acids is 1. The molecule has 6 nitrogen and oxygen atoms in total. The first kappa shape index (κ1) is 21.3. The van der Waals surface area contributed by atoms with E-state index in [0.29, 0.717) is 17.3 Å². The molecule has 4 aromatic rings. The van der Waals surface area contributed by atoms with Crippen LogP contribution in [0.2, 0.25) is 0 Å². The average Bonchev–Trinajstić information content (AvgIpc) is 3.11. The number of aromatic amines is 1. The molecule has 6 heteroatoms. The summed E-state index contributed by atoms with van der Waals surface area (Å²) in [7, 11) is 0. The van der Waals surface area contributed by atoms with Crippen molar-refractivity contribution >= 4 is 17.6 Å². The Hall–Kier alpha value is -3.93. The Labute approximate surface area is 187 Å². The van der Waals surface area contributed by atoms with E-state index in [4.69, 9.17) is 9.72 Å². The van der Waals surface area contributed by atoms with Gasteiger partial charge in [-0.15, -0.1) is 0 Å². The fourth-order valence-electron chi connectivity index (χ4n) is 3.53. The zero-order valence-corrected chi connectivity index (χ0v) is 18.6. The van der Waals surface area contributed by atoms with Gasteiger partial charge < -0.3 is 15.0 Å². The van der Waals surface area contributed by atoms with Crippen molar-refractivity contribution in [1.29, 1.82) is 0 Å². The van der Waals surface area contributed by atoms with Gasteiger partial charge in [-0.25, -0.2) is 14.8 Å². The molecule has 0 saturated heterocycles. The first-order valence-corrected chi connectivity index (χ1v) is 10.5. The standard InChI is InChI=1S/C26H26N4O2/c1-17-21(20-15-16-27-25(30-20)29-19-13-9-6-10-14-19)22(18-11-7-5-8-12-18)23(28-17)24(31)32-26(2,3)4/h5-16,28H,1-4H3,(H,27,29,30). The number of carbonyl (C=O) groups is 1. The van der Waals surface area contributed by atoms with Crippen LogP contribution >= 0.6 is 0 Å². The molecular weight excluding hydrogens is 400 g/mol. The summed E-state index contributed by atoms with van der Waals surface area (Å²) in [6, 6.07) is 21.4. The van der Waals surface area contributed by atoms with Crippen LogP contribution in [-0.2, 0) is 4.74 Å². The lowest BCUT2D eigenvalue weighted by molar-refractivity contribution is 0.00644. The number of anilines is 2. The van der Waals surface area contributed by atoms with E-state index in [1.807, 2.05) is 94.4 Å². The predicted octanol–water partition coefficient (Wildman–Crippen LogP) is 6.15. The Kier molecular flexibility index (Phi) is 5.77. The van der Waals surface area contributed by atoms with Crippen LogP contribution in [0.25, 0.3) is 22.4 Å². The van der Waals surface area contributed by atoms with E-state index in [1.54, 1.807) is 6.20 Å². The molecule has 0 spiro atoms. The van der Waals surface area contributed by atoms with Gasteiger partial charge >= 0.3 is 5.97 Å². The second-order valence-electron chi connectivity index (χ2n) is 8.50. The summed E-state index contributed by atoms with van der Waals surface area (Å²) in [5.74, 6) is 0.0783. The number of aromatic nitrogens is 3. The Bertz CT molecular complexity index is 1230. The van der Waals surface area contributed by atoms with Gasteiger partial charge in [-0.2, -0.15) is 0 Å². The molecule has 32 heavy (non-hydrogen) atoms. The summed E-state index contributed by atoms with van der Waals surface area (Å²) in [4.78, 5) is 25.4. The Morgan fingerprint density at radius 2 is 1.59 bits per heavy atom. The lowest BCUT2D eigenvalue weighted by Gasteiger charge is -2.19. The molecule has 0 atom stereocenters. The van der Waals surface area contributed by atoms with E-state index in [1.165, 1.54) is 0 Å². The van der Waals surface area contributed by atoms with Crippen molar-refractivity contribution in [3.63, 3.8) is 0 Å². The van der Waals surface area contributed by atoms with Gasteiger partial charge in [-0.05, 0) is 51.5 Å². The highest BCUT2D eigenvalue weighted by Gasteiger charge is 2.27. The van der Waals surface area contributed by atoms with E-state index in [2.05, 4.69) is 15.3 Å². The smallest absolute Gasteiger partial charge is 0.355 e. The number of esters is 1. The first-order valence-electron chi connectivity index (χ1n) is 10.5. The van der Waals surface area contributed by atoms with E-state index >= 15 is 0 Å². The number of nitrogens with one attached hydrogen (secondary N) is 2. The van der Waals surface area contributed by atoms with Crippen LogP contribution in [0.3, 0.4) is 0 Å². The fraction of sp³-hybridized carbons (Fsp3) is 0.192. The third-order valence-electron chi connectivity index (χ3n) is 4.79. The van der Waals surface area contributed by atoms with Crippen molar-refractivity contribution in [3.05, 3.63) is 84.3 Å². The highest BCUT2D eigenvalue weighted by Crippen LogP contribution is 2.38. The van der Waals surface area contributed by atoms with E-state index in [-0.39, 0.29) is 0 Å². The molecule has 0 unspecified atom stereocenters. The molecule has 162 valence electrons. The maximum Gasteiger partial charge on any atom is 0.355 e. The minimum absolute atomic E-state index is 0.401. The molecule has 4 rings (SSSR count). The van der Waals surface area contributed by atoms with Crippen LogP contribution in [0.15, 0.2) is 72.9 Å². The minimum Gasteiger partial charge on any atom is -0.455 e. The van der Waals surface area contributed by atoms with Gasteiger partial charge in [0.15, 0.2) is 0 Å². The van der Waals surface area contributed by atoms with Crippen LogP contribution in [0.1, 0.15) is 37.0 Å². The van der Waals surface area contributed by atoms with E-state index in [0.717, 1.165) is 28.1 Å². The Morgan fingerprint density at radius 1 is 0.938 bits per heavy atom. The highest BCUT2D eigenvalue weighted by atomic mass is 16.6. The molecule has 0 saturated carbocycles. The summed E-state index contributed by atoms with van der Waals surface area (Å²) < 4.78 is 5.68. The summed E-state index contributed by atoms with van der Waals surface area (Å²) in [6.07, 6.45) is 1.71. The van der Waals surface area contributed by atoms with E-state index < -0.39 is 11.6 Å². The number of aryl methyl sites for hydroxylation is 1. The van der Waals surface area contributed by atoms with Gasteiger partial charge in [0, 0.05) is 28.7 Å². The van der Waals surface area contributed by atoms with Gasteiger partial charge in [0.25, 0.3) is 0 Å². The summed E-state index contributed by atoms with van der Waals surface area (Å²) in [6.45, 7) is 7.50. The maximum absolute atomic E-state index is 13.1. The maximum atomic E-state index is 13.1. The quantitative estimate of drug-likeness (QED) is 0.374. The molecule has 0 aliphatic carbocycles. The van der Waals surface area contributed by atoms with Crippen LogP contribution in [0.4, 0.5) is 11.6 Å². The number of hydrogen-bond acceptors (Lipinski definition) is 5. The molecule has 0 aliphatic heterocycles. The molecular formula is C26H26N4O2. The van der Waals surface area contributed by atoms with Gasteiger partial charge in [0.05, 0.1) is 5.69 Å². The third kappa shape index (κ3) is 4.70. The van der Waals surface area contributed by atoms with Gasteiger partial charge in [-0.3, -0.25) is 0 Å². The topological polar surface area (TPSA) is 79.9 Å². The fourth-order valence-corrected chi connectivity index (χ4v) is 3.53. The average molecular weight is 427 g/mol. The molecule has 0 fully saturated rings. The number of benzene rings is 2. The SMILES string of the molecule is Cc1[nH]c(C(=O)OC(C)(C)C)c(-c2ccccc2)c1-c1ccnc(Nc2ccccc2)n1. The summed E-state index contributed by atoms with van der Waals surface area (Å²) in [5.41, 5.74) is 4.75. The molecule has 2 N–H and O–H groups in total. The third-order valence-corrected chi connectivity index (χ3v) is 4.79. The lowest BCUT2D eigenvalue weighted by atomic mass is 9.98. The van der Waals surface area contributed by atoms with Crippen molar-refractivity contribution in [1.82, 2.24) is 15.0 Å². The number of H-pyrrole nitrogens is 1. The molecule has 2 aromatic carbocycles. The zero-order chi connectivity index (χ0) is 22.7. The molecule has 2 aromatic heterocycles. The van der Waals surface area contributed by atoms with Crippen molar-refractivity contribution in [2.75, 3.05) is 5.32 Å². The largest absolute Gasteiger partial charge is 0.455 e. The molecule has 0 amide bonds. The molecule has 0 aliphatic rings. The van der Waals surface area contributed by atoms with E-state index in [9.17, 15) is 4.79 Å². The zero-order valence-electron chi connectivity index (χ0n) is 18.6. The van der Waals surface area contributed by atoms with Crippen LogP contribution in [0, 0.1) is 6.92 Å². The molecule has 0 bridgehead atoms. The van der Waals surface area contributed by atoms with Crippen LogP contribution in [-0.4, -0.2) is 26.5 Å². The Balaban J connectivity index is 1.82.